The van der Waals surface area contributed by atoms with Crippen LogP contribution in [0.5, 0.6) is 5.88 Å². The van der Waals surface area contributed by atoms with E-state index in [4.69, 9.17) is 23.7 Å². The van der Waals surface area contributed by atoms with Crippen molar-refractivity contribution in [2.45, 2.75) is 63.9 Å². The number of methoxy groups -OCH3 is 2. The maximum Gasteiger partial charge on any atom is 0.320 e. The van der Waals surface area contributed by atoms with Gasteiger partial charge in [-0.25, -0.2) is 22.6 Å². The number of hydrogen-bond donors (Lipinski definition) is 2. The Kier molecular flexibility index (Phi) is 12.3. The molecule has 0 bridgehead atoms. The van der Waals surface area contributed by atoms with Gasteiger partial charge in [0.15, 0.2) is 25.8 Å². The second-order valence-electron chi connectivity index (χ2n) is 13.7. The molecule has 1 aliphatic heterocycles. The lowest BCUT2D eigenvalue weighted by molar-refractivity contribution is 0.0384. The molecule has 3 atom stereocenters. The maximum absolute atomic E-state index is 14.2. The minimum Gasteiger partial charge on any atom is -0.474 e. The molecule has 4 rings (SSSR count). The predicted octanol–water partition coefficient (Wildman–Crippen LogP) is 6.25. The van der Waals surface area contributed by atoms with E-state index in [0.29, 0.717) is 55.8 Å². The Morgan fingerprint density at radius 3 is 2.31 bits per heavy atom. The number of likely N-dealkylation sites (tertiary alicyclic amines) is 1. The van der Waals surface area contributed by atoms with Crippen LogP contribution in [0.2, 0.25) is 18.1 Å². The van der Waals surface area contributed by atoms with E-state index in [1.807, 2.05) is 35.2 Å². The molecule has 2 N–H and O–H groups in total. The zero-order valence-corrected chi connectivity index (χ0v) is 30.0. The number of halogens is 3. The topological polar surface area (TPSA) is 99.1 Å². The number of carbonyl (C=O) groups excluding carboxylic acids is 1. The normalized spacial score (nSPS) is 17.8. The highest BCUT2D eigenvalue weighted by molar-refractivity contribution is 6.74. The molecule has 2 heterocycles. The number of nitrogens with zero attached hydrogens (tertiary/aromatic N) is 3. The van der Waals surface area contributed by atoms with E-state index in [-0.39, 0.29) is 23.3 Å². The minimum atomic E-state index is -2.13. The van der Waals surface area contributed by atoms with Gasteiger partial charge in [0.05, 0.1) is 30.5 Å². The first-order valence-electron chi connectivity index (χ1n) is 16.0. The Hall–Kier alpha value is -3.43. The Labute approximate surface area is 282 Å². The van der Waals surface area contributed by atoms with Gasteiger partial charge in [0.25, 0.3) is 0 Å². The summed E-state index contributed by atoms with van der Waals surface area (Å²) in [5, 5.41) is 10.6. The van der Waals surface area contributed by atoms with E-state index in [1.165, 1.54) is 0 Å². The first-order valence-corrected chi connectivity index (χ1v) is 18.9. The standard InChI is InChI=1S/C34H48F3N5O5Si/c1-22-31(39-33(43)38-29-19-41(14-15-44-5)18-26(29)23-16-27(35)30(37)28(36)17-23)42(24-12-10-9-11-13-24)40-32(22)46-21-25(20-45-6)47-48(7,8)34(2,3)4/h9-13,16-17,25-26,29H,14-15,18-21H2,1-8H3,(H2,38,39,43)/t25?,26-,29+/m0/s1. The van der Waals surface area contributed by atoms with E-state index in [0.717, 1.165) is 12.1 Å². The number of aromatic nitrogens is 2. The highest BCUT2D eigenvalue weighted by Gasteiger charge is 2.40. The van der Waals surface area contributed by atoms with Gasteiger partial charge >= 0.3 is 6.03 Å². The van der Waals surface area contributed by atoms with Crippen LogP contribution < -0.4 is 15.4 Å². The highest BCUT2D eigenvalue weighted by atomic mass is 28.4. The van der Waals surface area contributed by atoms with Gasteiger partial charge in [-0.05, 0) is 54.9 Å². The quantitative estimate of drug-likeness (QED) is 0.152. The number of nitrogens with one attached hydrogen (secondary N) is 2. The number of para-hydroxylation sites is 1. The van der Waals surface area contributed by atoms with Gasteiger partial charge in [-0.2, -0.15) is 0 Å². The van der Waals surface area contributed by atoms with Crippen molar-refractivity contribution >= 4 is 20.2 Å². The molecule has 1 aromatic heterocycles. The number of hydrogen-bond acceptors (Lipinski definition) is 7. The third-order valence-corrected chi connectivity index (χ3v) is 13.6. The number of ether oxygens (including phenoxy) is 3. The molecule has 0 aliphatic carbocycles. The summed E-state index contributed by atoms with van der Waals surface area (Å²) < 4.78 is 67.3. The molecule has 3 aromatic rings. The number of carbonyl (C=O) groups is 1. The summed E-state index contributed by atoms with van der Waals surface area (Å²) in [5.41, 5.74) is 1.53. The average molecular weight is 692 g/mol. The number of anilines is 1. The molecule has 0 spiro atoms. The summed E-state index contributed by atoms with van der Waals surface area (Å²) in [5.74, 6) is -3.89. The van der Waals surface area contributed by atoms with Crippen molar-refractivity contribution in [3.8, 4) is 11.6 Å². The Morgan fingerprint density at radius 1 is 1.04 bits per heavy atom. The number of rotatable bonds is 14. The van der Waals surface area contributed by atoms with Gasteiger partial charge in [-0.1, -0.05) is 39.0 Å². The van der Waals surface area contributed by atoms with Gasteiger partial charge in [0.2, 0.25) is 5.88 Å². The first-order chi connectivity index (χ1) is 22.6. The highest BCUT2D eigenvalue weighted by Crippen LogP contribution is 2.38. The summed E-state index contributed by atoms with van der Waals surface area (Å²) in [4.78, 5) is 15.6. The number of benzene rings is 2. The molecule has 2 aromatic carbocycles. The zero-order chi connectivity index (χ0) is 35.2. The molecule has 10 nitrogen and oxygen atoms in total. The number of amides is 2. The second-order valence-corrected chi connectivity index (χ2v) is 18.4. The summed E-state index contributed by atoms with van der Waals surface area (Å²) in [6, 6.07) is 10.2. The van der Waals surface area contributed by atoms with Crippen molar-refractivity contribution in [1.82, 2.24) is 20.0 Å². The van der Waals surface area contributed by atoms with Crippen molar-refractivity contribution in [2.75, 3.05) is 59.0 Å². The van der Waals surface area contributed by atoms with Crippen LogP contribution in [0.4, 0.5) is 23.8 Å². The van der Waals surface area contributed by atoms with E-state index in [9.17, 15) is 18.0 Å². The Balaban J connectivity index is 1.57. The molecule has 1 unspecified atom stereocenters. The van der Waals surface area contributed by atoms with E-state index in [1.54, 1.807) is 25.8 Å². The summed E-state index contributed by atoms with van der Waals surface area (Å²) in [6.07, 6.45) is -0.335. The van der Waals surface area contributed by atoms with Gasteiger partial charge in [0, 0.05) is 39.8 Å². The van der Waals surface area contributed by atoms with E-state index >= 15 is 0 Å². The molecule has 0 saturated carbocycles. The van der Waals surface area contributed by atoms with Crippen molar-refractivity contribution < 1.29 is 36.6 Å². The van der Waals surface area contributed by atoms with Gasteiger partial charge < -0.3 is 24.0 Å². The molecule has 14 heteroatoms. The van der Waals surface area contributed by atoms with Crippen LogP contribution in [0, 0.1) is 24.4 Å². The lowest BCUT2D eigenvalue weighted by Gasteiger charge is -2.39. The summed E-state index contributed by atoms with van der Waals surface area (Å²) in [7, 11) is 1.07. The van der Waals surface area contributed by atoms with Gasteiger partial charge in [0.1, 0.15) is 18.5 Å². The van der Waals surface area contributed by atoms with Crippen LogP contribution in [0.1, 0.15) is 37.8 Å². The second kappa shape index (κ2) is 15.9. The maximum atomic E-state index is 14.2. The van der Waals surface area contributed by atoms with E-state index in [2.05, 4.69) is 44.5 Å². The Bertz CT molecular complexity index is 1510. The number of urea groups is 1. The molecular formula is C34H48F3N5O5Si. The van der Waals surface area contributed by atoms with E-state index < -0.39 is 43.8 Å². The molecule has 1 saturated heterocycles. The third kappa shape index (κ3) is 8.97. The van der Waals surface area contributed by atoms with Crippen LogP contribution in [-0.4, -0.2) is 94.8 Å². The molecule has 264 valence electrons. The molecule has 2 amide bonds. The van der Waals surface area contributed by atoms with Crippen LogP contribution in [0.15, 0.2) is 42.5 Å². The molecule has 48 heavy (non-hydrogen) atoms. The zero-order valence-electron chi connectivity index (χ0n) is 29.0. The largest absolute Gasteiger partial charge is 0.474 e. The first kappa shape index (κ1) is 37.4. The predicted molar refractivity (Wildman–Crippen MR) is 181 cm³/mol. The minimum absolute atomic E-state index is 0.00753. The van der Waals surface area contributed by atoms with Crippen LogP contribution in [0.25, 0.3) is 5.69 Å². The van der Waals surface area contributed by atoms with Crippen molar-refractivity contribution in [3.05, 3.63) is 71.0 Å². The fraction of sp³-hybridized carbons (Fsp3) is 0.529. The van der Waals surface area contributed by atoms with Crippen LogP contribution >= 0.6 is 0 Å². The molecule has 1 fully saturated rings. The average Bonchev–Trinajstić information content (AvgIpc) is 3.57. The van der Waals surface area contributed by atoms with Gasteiger partial charge in [-0.15, -0.1) is 5.10 Å². The molecule has 1 aliphatic rings. The van der Waals surface area contributed by atoms with Crippen LogP contribution in [-0.2, 0) is 13.9 Å². The molecular weight excluding hydrogens is 643 g/mol. The lowest BCUT2D eigenvalue weighted by atomic mass is 9.94. The lowest BCUT2D eigenvalue weighted by Crippen LogP contribution is -2.46. The monoisotopic (exact) mass is 691 g/mol. The Morgan fingerprint density at radius 2 is 1.71 bits per heavy atom. The third-order valence-electron chi connectivity index (χ3n) is 9.10. The fourth-order valence-electron chi connectivity index (χ4n) is 5.46. The smallest absolute Gasteiger partial charge is 0.320 e. The molecule has 0 radical (unpaired) electrons. The SMILES string of the molecule is COCCN1C[C@@H](NC(=O)Nc2c(C)c(OCC(COC)O[Si](C)(C)C(C)(C)C)nn2-c2ccccc2)[C@H](c2cc(F)c(F)c(F)c2)C1. The van der Waals surface area contributed by atoms with Crippen molar-refractivity contribution in [3.63, 3.8) is 0 Å². The van der Waals surface area contributed by atoms with Crippen molar-refractivity contribution in [1.29, 1.82) is 0 Å². The van der Waals surface area contributed by atoms with Gasteiger partial charge in [-0.3, -0.25) is 10.2 Å². The fourth-order valence-corrected chi connectivity index (χ4v) is 6.78. The summed E-state index contributed by atoms with van der Waals surface area (Å²) in [6.45, 7) is 14.9. The summed E-state index contributed by atoms with van der Waals surface area (Å²) >= 11 is 0. The van der Waals surface area contributed by atoms with Crippen LogP contribution in [0.3, 0.4) is 0 Å². The van der Waals surface area contributed by atoms with Crippen molar-refractivity contribution in [2.24, 2.45) is 0 Å².